The number of aryl methyl sites for hydroxylation is 1. The largest absolute Gasteiger partial charge is 0.494 e. The molecule has 1 aromatic heterocycles. The number of likely N-dealkylation sites (N-methyl/N-ethyl adjacent to an activating group) is 1. The number of alkyl halides is 2. The molecule has 0 saturated carbocycles. The summed E-state index contributed by atoms with van der Waals surface area (Å²) in [5.74, 6) is 1.72. The highest BCUT2D eigenvalue weighted by molar-refractivity contribution is 6.19. The van der Waals surface area contributed by atoms with Crippen LogP contribution in [0, 0.1) is 6.92 Å². The van der Waals surface area contributed by atoms with Crippen molar-refractivity contribution >= 4 is 79.8 Å². The fourth-order valence-electron chi connectivity index (χ4n) is 5.45. The summed E-state index contributed by atoms with van der Waals surface area (Å²) >= 11 is 11.9. The molecule has 4 aromatic carbocycles. The number of benzene rings is 4. The Hall–Kier alpha value is -4.77. The van der Waals surface area contributed by atoms with Crippen LogP contribution in [0.15, 0.2) is 78.9 Å². The van der Waals surface area contributed by atoms with E-state index in [0.29, 0.717) is 71.7 Å². The van der Waals surface area contributed by atoms with E-state index in [2.05, 4.69) is 20.9 Å². The van der Waals surface area contributed by atoms with Crippen molar-refractivity contribution in [2.75, 3.05) is 74.7 Å². The van der Waals surface area contributed by atoms with Gasteiger partial charge in [-0.2, -0.15) is 0 Å². The van der Waals surface area contributed by atoms with Crippen LogP contribution in [0.4, 0.5) is 27.5 Å². The summed E-state index contributed by atoms with van der Waals surface area (Å²) in [4.78, 5) is 35.3. The van der Waals surface area contributed by atoms with Crippen LogP contribution in [0.1, 0.15) is 15.9 Å². The molecule has 0 saturated heterocycles. The van der Waals surface area contributed by atoms with Crippen molar-refractivity contribution in [2.45, 2.75) is 6.92 Å². The minimum Gasteiger partial charge on any atom is -0.494 e. The highest BCUT2D eigenvalue weighted by Crippen LogP contribution is 2.38. The van der Waals surface area contributed by atoms with Crippen molar-refractivity contribution in [3.63, 3.8) is 0 Å². The summed E-state index contributed by atoms with van der Waals surface area (Å²) in [6.45, 7) is 4.49. The lowest BCUT2D eigenvalue weighted by molar-refractivity contribution is 0.0952. The molecule has 0 atom stereocenters. The fraction of sp³-hybridized carbons (Fsp3) is 0.270. The minimum atomic E-state index is -0.629. The van der Waals surface area contributed by atoms with Crippen molar-refractivity contribution in [2.24, 2.45) is 0 Å². The van der Waals surface area contributed by atoms with Gasteiger partial charge < -0.3 is 29.9 Å². The molecule has 3 N–H and O–H groups in total. The number of anilines is 4. The number of amides is 2. The van der Waals surface area contributed by atoms with Crippen molar-refractivity contribution < 1.29 is 19.1 Å². The Morgan fingerprint density at radius 3 is 2.22 bits per heavy atom. The van der Waals surface area contributed by atoms with Crippen LogP contribution < -0.4 is 30.3 Å². The van der Waals surface area contributed by atoms with Gasteiger partial charge in [-0.25, -0.2) is 9.78 Å². The molecule has 0 fully saturated rings. The number of fused-ring (bicyclic) bond motifs is 2. The second-order valence-electron chi connectivity index (χ2n) is 11.6. The number of nitrogens with zero attached hydrogens (tertiary/aromatic N) is 3. The number of rotatable bonds is 14. The highest BCUT2D eigenvalue weighted by atomic mass is 35.5. The third-order valence-electron chi connectivity index (χ3n) is 7.97. The number of ether oxygens (including phenoxy) is 2. The summed E-state index contributed by atoms with van der Waals surface area (Å²) in [5.41, 5.74) is 5.52. The smallest absolute Gasteiger partial charge is 0.417 e. The van der Waals surface area contributed by atoms with Crippen LogP contribution >= 0.6 is 23.2 Å². The van der Waals surface area contributed by atoms with Crippen LogP contribution in [0.25, 0.3) is 21.8 Å². The molecule has 0 spiro atoms. The quantitative estimate of drug-likeness (QED) is 0.0801. The number of nitrogens with one attached hydrogen (secondary N) is 3. The maximum Gasteiger partial charge on any atom is 0.417 e. The Balaban J connectivity index is 1.43. The van der Waals surface area contributed by atoms with E-state index >= 15 is 0 Å². The summed E-state index contributed by atoms with van der Waals surface area (Å²) in [7, 11) is 5.51. The average molecular weight is 704 g/mol. The topological polar surface area (TPSA) is 108 Å². The van der Waals surface area contributed by atoms with Gasteiger partial charge in [0.2, 0.25) is 0 Å². The van der Waals surface area contributed by atoms with Gasteiger partial charge in [-0.15, -0.1) is 23.2 Å². The third-order valence-corrected chi connectivity index (χ3v) is 8.31. The third kappa shape index (κ3) is 8.64. The lowest BCUT2D eigenvalue weighted by Gasteiger charge is -2.22. The summed E-state index contributed by atoms with van der Waals surface area (Å²) in [5, 5.41) is 11.0. The second-order valence-corrected chi connectivity index (χ2v) is 12.4. The summed E-state index contributed by atoms with van der Waals surface area (Å²) < 4.78 is 11.3. The molecule has 0 unspecified atom stereocenters. The molecule has 49 heavy (non-hydrogen) atoms. The zero-order valence-electron chi connectivity index (χ0n) is 28.0. The van der Waals surface area contributed by atoms with Crippen LogP contribution in [0.2, 0.25) is 0 Å². The van der Waals surface area contributed by atoms with Crippen LogP contribution in [0.3, 0.4) is 0 Å². The molecule has 0 aliphatic heterocycles. The van der Waals surface area contributed by atoms with Gasteiger partial charge in [-0.1, -0.05) is 30.3 Å². The molecular weight excluding hydrogens is 663 g/mol. The number of methoxy groups -OCH3 is 1. The molecule has 256 valence electrons. The standard InChI is InChI=1S/C37H40Cl2N6O4/c1-24-11-12-25(41-37(47)49-27-15-13-26(14-16-27)45(20-17-38)21-18-39)23-31(24)42-33-28-7-5-9-30(36(46)40-19-22-44(2)3)34(28)43-35-29(33)8-6-10-32(35)48-4/h5-16,23H,17-22H2,1-4H3,(H,40,46)(H,41,47)(H,42,43). The molecule has 0 aliphatic carbocycles. The number of carbonyl (C=O) groups is 2. The monoisotopic (exact) mass is 702 g/mol. The Labute approximate surface area is 296 Å². The molecule has 0 radical (unpaired) electrons. The number of carbonyl (C=O) groups excluding carboxylic acids is 2. The zero-order chi connectivity index (χ0) is 34.9. The molecule has 0 bridgehead atoms. The van der Waals surface area contributed by atoms with Gasteiger partial charge in [-0.3, -0.25) is 10.1 Å². The molecule has 12 heteroatoms. The van der Waals surface area contributed by atoms with Gasteiger partial charge in [0.15, 0.2) is 0 Å². The number of hydrogen-bond acceptors (Lipinski definition) is 8. The van der Waals surface area contributed by atoms with Gasteiger partial charge in [0.1, 0.15) is 17.0 Å². The van der Waals surface area contributed by atoms with E-state index in [1.54, 1.807) is 25.3 Å². The van der Waals surface area contributed by atoms with Crippen molar-refractivity contribution in [3.8, 4) is 11.5 Å². The first-order valence-electron chi connectivity index (χ1n) is 15.9. The fourth-order valence-corrected chi connectivity index (χ4v) is 5.86. The lowest BCUT2D eigenvalue weighted by Crippen LogP contribution is -2.31. The molecule has 0 aliphatic rings. The molecule has 10 nitrogen and oxygen atoms in total. The number of aromatic nitrogens is 1. The number of para-hydroxylation sites is 2. The lowest BCUT2D eigenvalue weighted by atomic mass is 10.0. The number of hydrogen-bond donors (Lipinski definition) is 3. The predicted molar refractivity (Wildman–Crippen MR) is 201 cm³/mol. The normalized spacial score (nSPS) is 11.1. The van der Waals surface area contributed by atoms with Crippen molar-refractivity contribution in [3.05, 3.63) is 90.0 Å². The SMILES string of the molecule is COc1cccc2c(Nc3cc(NC(=O)Oc4ccc(N(CCCl)CCCl)cc4)ccc3C)c3cccc(C(=O)NCCN(C)C)c3nc12. The van der Waals surface area contributed by atoms with Gasteiger partial charge in [0.05, 0.1) is 23.9 Å². The maximum atomic E-state index is 13.3. The van der Waals surface area contributed by atoms with E-state index in [9.17, 15) is 9.59 Å². The van der Waals surface area contributed by atoms with E-state index in [1.165, 1.54) is 0 Å². The van der Waals surface area contributed by atoms with E-state index < -0.39 is 6.09 Å². The first kappa shape index (κ1) is 35.5. The Morgan fingerprint density at radius 2 is 1.55 bits per heavy atom. The maximum absolute atomic E-state index is 13.3. The highest BCUT2D eigenvalue weighted by Gasteiger charge is 2.19. The van der Waals surface area contributed by atoms with Crippen molar-refractivity contribution in [1.29, 1.82) is 0 Å². The van der Waals surface area contributed by atoms with E-state index in [0.717, 1.165) is 33.4 Å². The summed E-state index contributed by atoms with van der Waals surface area (Å²) in [6, 6.07) is 24.0. The first-order chi connectivity index (χ1) is 23.7. The van der Waals surface area contributed by atoms with Crippen LogP contribution in [-0.2, 0) is 0 Å². The van der Waals surface area contributed by atoms with E-state index in [1.807, 2.05) is 86.6 Å². The number of halogens is 2. The Bertz CT molecular complexity index is 1930. The Morgan fingerprint density at radius 1 is 0.857 bits per heavy atom. The molecular formula is C37H40Cl2N6O4. The molecule has 5 rings (SSSR count). The van der Waals surface area contributed by atoms with E-state index in [-0.39, 0.29) is 5.91 Å². The molecule has 5 aromatic rings. The zero-order valence-corrected chi connectivity index (χ0v) is 29.5. The predicted octanol–water partition coefficient (Wildman–Crippen LogP) is 7.63. The first-order valence-corrected chi connectivity index (χ1v) is 16.9. The minimum absolute atomic E-state index is 0.210. The summed E-state index contributed by atoms with van der Waals surface area (Å²) in [6.07, 6.45) is -0.629. The van der Waals surface area contributed by atoms with Gasteiger partial charge in [-0.05, 0) is 75.1 Å². The molecule has 1 heterocycles. The van der Waals surface area contributed by atoms with Gasteiger partial charge in [0, 0.05) is 65.8 Å². The van der Waals surface area contributed by atoms with Crippen molar-refractivity contribution in [1.82, 2.24) is 15.2 Å². The van der Waals surface area contributed by atoms with Crippen LogP contribution in [0.5, 0.6) is 11.5 Å². The van der Waals surface area contributed by atoms with E-state index in [4.69, 9.17) is 37.7 Å². The molecule has 2 amide bonds. The van der Waals surface area contributed by atoms with Gasteiger partial charge >= 0.3 is 6.09 Å². The number of pyridine rings is 1. The average Bonchev–Trinajstić information content (AvgIpc) is 3.09. The Kier molecular flexibility index (Phi) is 12.0. The van der Waals surface area contributed by atoms with Crippen LogP contribution in [-0.4, -0.2) is 81.0 Å². The second kappa shape index (κ2) is 16.6. The van der Waals surface area contributed by atoms with Gasteiger partial charge in [0.25, 0.3) is 5.91 Å².